The van der Waals surface area contributed by atoms with Gasteiger partial charge in [-0.1, -0.05) is 23.2 Å². The fourth-order valence-electron chi connectivity index (χ4n) is 1.91. The van der Waals surface area contributed by atoms with Gasteiger partial charge in [-0.15, -0.1) is 0 Å². The van der Waals surface area contributed by atoms with Crippen LogP contribution in [0.5, 0.6) is 0 Å². The van der Waals surface area contributed by atoms with Crippen molar-refractivity contribution in [2.75, 3.05) is 0 Å². The van der Waals surface area contributed by atoms with Gasteiger partial charge in [0.25, 0.3) is 5.56 Å². The summed E-state index contributed by atoms with van der Waals surface area (Å²) in [7, 11) is 0. The predicted octanol–water partition coefficient (Wildman–Crippen LogP) is 4.38. The Bertz CT molecular complexity index is 710. The van der Waals surface area contributed by atoms with Crippen LogP contribution in [-0.2, 0) is 0 Å². The Morgan fingerprint density at radius 3 is 2.68 bits per heavy atom. The Hall–Kier alpha value is -0.840. The number of halogens is 3. The van der Waals surface area contributed by atoms with E-state index in [1.165, 1.54) is 0 Å². The molecule has 1 aliphatic carbocycles. The molecule has 0 amide bonds. The van der Waals surface area contributed by atoms with Crippen LogP contribution in [0.4, 0.5) is 0 Å². The highest BCUT2D eigenvalue weighted by atomic mass is 79.9. The van der Waals surface area contributed by atoms with Crippen molar-refractivity contribution in [2.45, 2.75) is 18.8 Å². The maximum absolute atomic E-state index is 11.9. The van der Waals surface area contributed by atoms with Crippen LogP contribution < -0.4 is 5.56 Å². The van der Waals surface area contributed by atoms with Gasteiger partial charge in [-0.25, -0.2) is 4.98 Å². The van der Waals surface area contributed by atoms with E-state index in [4.69, 9.17) is 23.2 Å². The number of hydrogen-bond donors (Lipinski definition) is 1. The van der Waals surface area contributed by atoms with Crippen molar-refractivity contribution in [3.8, 4) is 11.4 Å². The van der Waals surface area contributed by atoms with Crippen molar-refractivity contribution in [3.63, 3.8) is 0 Å². The van der Waals surface area contributed by atoms with Crippen LogP contribution in [-0.4, -0.2) is 9.97 Å². The first kappa shape index (κ1) is 13.2. The second-order valence-corrected chi connectivity index (χ2v) is 6.15. The summed E-state index contributed by atoms with van der Waals surface area (Å²) in [6.45, 7) is 0. The molecule has 1 aliphatic rings. The van der Waals surface area contributed by atoms with Crippen molar-refractivity contribution in [3.05, 3.63) is 48.8 Å². The lowest BCUT2D eigenvalue weighted by Gasteiger charge is -2.07. The largest absolute Gasteiger partial charge is 0.305 e. The first-order chi connectivity index (χ1) is 9.06. The summed E-state index contributed by atoms with van der Waals surface area (Å²) in [5, 5.41) is 1.02. The summed E-state index contributed by atoms with van der Waals surface area (Å²) < 4.78 is 0.517. The number of nitrogens with one attached hydrogen (secondary N) is 1. The van der Waals surface area contributed by atoms with Crippen molar-refractivity contribution in [2.24, 2.45) is 0 Å². The summed E-state index contributed by atoms with van der Waals surface area (Å²) in [6, 6.07) is 5.12. The van der Waals surface area contributed by atoms with E-state index in [0.717, 1.165) is 18.5 Å². The molecule has 6 heteroatoms. The highest BCUT2D eigenvalue weighted by molar-refractivity contribution is 9.10. The van der Waals surface area contributed by atoms with Gasteiger partial charge < -0.3 is 4.98 Å². The molecule has 0 bridgehead atoms. The Labute approximate surface area is 128 Å². The molecule has 3 rings (SSSR count). The first-order valence-corrected chi connectivity index (χ1v) is 7.36. The number of nitrogens with zero attached hydrogens (tertiary/aromatic N) is 1. The topological polar surface area (TPSA) is 45.8 Å². The Balaban J connectivity index is 2.17. The Morgan fingerprint density at radius 2 is 2.05 bits per heavy atom. The van der Waals surface area contributed by atoms with Crippen LogP contribution in [0.1, 0.15) is 24.5 Å². The maximum atomic E-state index is 11.9. The maximum Gasteiger partial charge on any atom is 0.265 e. The van der Waals surface area contributed by atoms with E-state index in [1.807, 2.05) is 0 Å². The average molecular weight is 360 g/mol. The zero-order valence-corrected chi connectivity index (χ0v) is 12.8. The van der Waals surface area contributed by atoms with Crippen LogP contribution in [0.2, 0.25) is 10.0 Å². The zero-order chi connectivity index (χ0) is 13.6. The molecule has 98 valence electrons. The third-order valence-corrected chi connectivity index (χ3v) is 4.35. The smallest absolute Gasteiger partial charge is 0.265 e. The van der Waals surface area contributed by atoms with Gasteiger partial charge in [0.15, 0.2) is 0 Å². The molecule has 1 aromatic heterocycles. The van der Waals surface area contributed by atoms with Crippen molar-refractivity contribution in [1.82, 2.24) is 9.97 Å². The molecule has 0 saturated heterocycles. The van der Waals surface area contributed by atoms with Gasteiger partial charge in [-0.3, -0.25) is 4.79 Å². The number of H-pyrrole nitrogens is 1. The highest BCUT2D eigenvalue weighted by Crippen LogP contribution is 2.41. The summed E-state index contributed by atoms with van der Waals surface area (Å²) in [5.41, 5.74) is 1.31. The number of rotatable bonds is 2. The molecular formula is C13H9BrCl2N2O. The summed E-state index contributed by atoms with van der Waals surface area (Å²) in [6.07, 6.45) is 2.14. The Morgan fingerprint density at radius 1 is 1.32 bits per heavy atom. The van der Waals surface area contributed by atoms with Gasteiger partial charge in [0.2, 0.25) is 0 Å². The SMILES string of the molecule is O=c1[nH]c(-c2ccc(Cl)cc2Cl)nc(C2CC2)c1Br. The normalized spacial score (nSPS) is 14.7. The fourth-order valence-corrected chi connectivity index (χ4v) is 2.92. The third-order valence-electron chi connectivity index (χ3n) is 3.04. The second kappa shape index (κ2) is 4.93. The predicted molar refractivity (Wildman–Crippen MR) is 80.0 cm³/mol. The van der Waals surface area contributed by atoms with E-state index >= 15 is 0 Å². The van der Waals surface area contributed by atoms with Crippen LogP contribution in [0.15, 0.2) is 27.5 Å². The van der Waals surface area contributed by atoms with Gasteiger partial charge in [0, 0.05) is 16.5 Å². The molecule has 0 unspecified atom stereocenters. The fraction of sp³-hybridized carbons (Fsp3) is 0.231. The molecule has 1 saturated carbocycles. The minimum Gasteiger partial charge on any atom is -0.305 e. The molecule has 0 radical (unpaired) electrons. The quantitative estimate of drug-likeness (QED) is 0.864. The molecule has 1 N–H and O–H groups in total. The molecule has 0 spiro atoms. The van der Waals surface area contributed by atoms with E-state index < -0.39 is 0 Å². The van der Waals surface area contributed by atoms with E-state index in [-0.39, 0.29) is 5.56 Å². The average Bonchev–Trinajstić information content (AvgIpc) is 3.17. The Kier molecular flexibility index (Phi) is 3.41. The second-order valence-electron chi connectivity index (χ2n) is 4.51. The number of aromatic nitrogens is 2. The standard InChI is InChI=1S/C13H9BrCl2N2O/c14-10-11(6-1-2-6)17-12(18-13(10)19)8-4-3-7(15)5-9(8)16/h3-6H,1-2H2,(H,17,18,19). The van der Waals surface area contributed by atoms with Crippen molar-refractivity contribution >= 4 is 39.1 Å². The molecular weight excluding hydrogens is 351 g/mol. The lowest BCUT2D eigenvalue weighted by molar-refractivity contribution is 0.960. The number of hydrogen-bond acceptors (Lipinski definition) is 2. The number of aromatic amines is 1. The summed E-state index contributed by atoms with van der Waals surface area (Å²) >= 11 is 15.3. The highest BCUT2D eigenvalue weighted by Gasteiger charge is 2.29. The molecule has 2 aromatic rings. The van der Waals surface area contributed by atoms with Gasteiger partial charge >= 0.3 is 0 Å². The molecule has 1 fully saturated rings. The third kappa shape index (κ3) is 2.57. The van der Waals surface area contributed by atoms with Gasteiger partial charge in [-0.05, 0) is 47.0 Å². The monoisotopic (exact) mass is 358 g/mol. The minimum atomic E-state index is -0.182. The molecule has 0 atom stereocenters. The summed E-state index contributed by atoms with van der Waals surface area (Å²) in [5.74, 6) is 0.860. The van der Waals surface area contributed by atoms with E-state index in [2.05, 4.69) is 25.9 Å². The van der Waals surface area contributed by atoms with Crippen LogP contribution in [0, 0.1) is 0 Å². The van der Waals surface area contributed by atoms with Gasteiger partial charge in [0.05, 0.1) is 10.7 Å². The molecule has 0 aliphatic heterocycles. The molecule has 3 nitrogen and oxygen atoms in total. The van der Waals surface area contributed by atoms with Crippen LogP contribution in [0.3, 0.4) is 0 Å². The van der Waals surface area contributed by atoms with E-state index in [0.29, 0.717) is 31.8 Å². The van der Waals surface area contributed by atoms with Crippen LogP contribution >= 0.6 is 39.1 Å². The zero-order valence-electron chi connectivity index (χ0n) is 9.71. The van der Waals surface area contributed by atoms with Gasteiger partial charge in [0.1, 0.15) is 10.3 Å². The van der Waals surface area contributed by atoms with Crippen molar-refractivity contribution in [1.29, 1.82) is 0 Å². The number of benzene rings is 1. The lowest BCUT2D eigenvalue weighted by atomic mass is 10.2. The van der Waals surface area contributed by atoms with E-state index in [1.54, 1.807) is 18.2 Å². The molecule has 19 heavy (non-hydrogen) atoms. The van der Waals surface area contributed by atoms with E-state index in [9.17, 15) is 4.79 Å². The summed E-state index contributed by atoms with van der Waals surface area (Å²) in [4.78, 5) is 19.2. The van der Waals surface area contributed by atoms with Crippen LogP contribution in [0.25, 0.3) is 11.4 Å². The molecule has 1 aromatic carbocycles. The minimum absolute atomic E-state index is 0.182. The first-order valence-electron chi connectivity index (χ1n) is 5.81. The lowest BCUT2D eigenvalue weighted by Crippen LogP contribution is -2.13. The molecule has 1 heterocycles. The van der Waals surface area contributed by atoms with Gasteiger partial charge in [-0.2, -0.15) is 0 Å². The van der Waals surface area contributed by atoms with Crippen molar-refractivity contribution < 1.29 is 0 Å².